The van der Waals surface area contributed by atoms with Crippen molar-refractivity contribution in [2.45, 2.75) is 6.92 Å². The van der Waals surface area contributed by atoms with Crippen LogP contribution in [-0.4, -0.2) is 16.7 Å². The Hall–Kier alpha value is -1.26. The van der Waals surface area contributed by atoms with E-state index in [9.17, 15) is 0 Å². The first kappa shape index (κ1) is 11.2. The van der Waals surface area contributed by atoms with Gasteiger partial charge in [-0.3, -0.25) is 0 Å². The third-order valence-corrected chi connectivity index (χ3v) is 2.31. The van der Waals surface area contributed by atoms with Gasteiger partial charge in [0.05, 0.1) is 0 Å². The Morgan fingerprint density at radius 1 is 1.25 bits per heavy atom. The molecule has 0 amide bonds. The molecule has 84 valence electrons. The highest BCUT2D eigenvalue weighted by Gasteiger charge is 2.09. The lowest BCUT2D eigenvalue weighted by Crippen LogP contribution is -1.95. The molecular weight excluding hydrogens is 249 g/mol. The maximum Gasteiger partial charge on any atom is 0.321 e. The molecule has 0 unspecified atom stereocenters. The van der Waals surface area contributed by atoms with E-state index in [-0.39, 0.29) is 0 Å². The van der Waals surface area contributed by atoms with Crippen molar-refractivity contribution in [1.82, 2.24) is 10.1 Å². The molecule has 0 aliphatic carbocycles. The van der Waals surface area contributed by atoms with Gasteiger partial charge in [-0.2, -0.15) is 4.98 Å². The van der Waals surface area contributed by atoms with Gasteiger partial charge in [-0.25, -0.2) is 0 Å². The normalized spacial score (nSPS) is 10.4. The summed E-state index contributed by atoms with van der Waals surface area (Å²) in [6, 6.07) is 5.49. The average Bonchev–Trinajstić information content (AvgIpc) is 2.65. The summed E-state index contributed by atoms with van der Waals surface area (Å²) in [7, 11) is 0. The molecule has 1 N–H and O–H groups in total. The van der Waals surface area contributed by atoms with Crippen molar-refractivity contribution in [3.63, 3.8) is 0 Å². The van der Waals surface area contributed by atoms with Crippen LogP contribution in [0.1, 0.15) is 6.92 Å². The Morgan fingerprint density at radius 2 is 1.94 bits per heavy atom. The van der Waals surface area contributed by atoms with Crippen LogP contribution in [0.25, 0.3) is 11.4 Å². The molecule has 6 heteroatoms. The lowest BCUT2D eigenvalue weighted by molar-refractivity contribution is 0.432. The van der Waals surface area contributed by atoms with Crippen molar-refractivity contribution in [3.05, 3.63) is 28.2 Å². The Bertz CT molecular complexity index is 478. The summed E-state index contributed by atoms with van der Waals surface area (Å²) in [6.07, 6.45) is 0. The second kappa shape index (κ2) is 4.72. The predicted octanol–water partition coefficient (Wildman–Crippen LogP) is 3.48. The third kappa shape index (κ3) is 2.46. The first-order valence-corrected chi connectivity index (χ1v) is 5.48. The molecule has 0 aliphatic heterocycles. The Balaban J connectivity index is 2.34. The van der Waals surface area contributed by atoms with Gasteiger partial charge in [0.1, 0.15) is 0 Å². The highest BCUT2D eigenvalue weighted by molar-refractivity contribution is 6.35. The zero-order valence-electron chi connectivity index (χ0n) is 8.50. The minimum absolute atomic E-state index is 0.383. The van der Waals surface area contributed by atoms with Crippen LogP contribution in [0.3, 0.4) is 0 Å². The molecule has 4 nitrogen and oxygen atoms in total. The second-order valence-electron chi connectivity index (χ2n) is 3.11. The lowest BCUT2D eigenvalue weighted by atomic mass is 10.2. The van der Waals surface area contributed by atoms with E-state index >= 15 is 0 Å². The molecule has 1 heterocycles. The van der Waals surface area contributed by atoms with E-state index < -0.39 is 0 Å². The highest BCUT2D eigenvalue weighted by atomic mass is 35.5. The van der Waals surface area contributed by atoms with Crippen molar-refractivity contribution in [3.8, 4) is 11.4 Å². The van der Waals surface area contributed by atoms with Crippen molar-refractivity contribution in [2.75, 3.05) is 11.9 Å². The van der Waals surface area contributed by atoms with Gasteiger partial charge in [0, 0.05) is 22.2 Å². The summed E-state index contributed by atoms with van der Waals surface area (Å²) >= 11 is 11.8. The first-order valence-electron chi connectivity index (χ1n) is 4.73. The lowest BCUT2D eigenvalue weighted by Gasteiger charge is -1.97. The van der Waals surface area contributed by atoms with E-state index in [0.29, 0.717) is 21.9 Å². The summed E-state index contributed by atoms with van der Waals surface area (Å²) in [4.78, 5) is 4.15. The maximum atomic E-state index is 5.88. The number of nitrogens with one attached hydrogen (secondary N) is 1. The number of rotatable bonds is 3. The van der Waals surface area contributed by atoms with Gasteiger partial charge in [-0.15, -0.1) is 0 Å². The Kier molecular flexibility index (Phi) is 3.31. The summed E-state index contributed by atoms with van der Waals surface area (Å²) in [5.74, 6) is 0.459. The van der Waals surface area contributed by atoms with Crippen LogP contribution in [0.5, 0.6) is 0 Å². The third-order valence-electron chi connectivity index (χ3n) is 1.87. The van der Waals surface area contributed by atoms with Crippen LogP contribution in [0.15, 0.2) is 22.7 Å². The number of halogens is 2. The molecule has 0 saturated heterocycles. The second-order valence-corrected chi connectivity index (χ2v) is 3.98. The van der Waals surface area contributed by atoms with E-state index in [2.05, 4.69) is 15.5 Å². The zero-order chi connectivity index (χ0) is 11.5. The van der Waals surface area contributed by atoms with Gasteiger partial charge in [0.2, 0.25) is 5.82 Å². The largest absolute Gasteiger partial charge is 0.338 e. The fourth-order valence-electron chi connectivity index (χ4n) is 1.25. The Labute approximate surface area is 103 Å². The standard InChI is InChI=1S/C10H9Cl2N3O/c1-2-13-10-14-9(15-16-10)6-3-7(11)5-8(12)4-6/h3-5H,2H2,1H3,(H,13,14,15). The topological polar surface area (TPSA) is 51.0 Å². The molecule has 16 heavy (non-hydrogen) atoms. The molecular formula is C10H9Cl2N3O. The van der Waals surface area contributed by atoms with Crippen LogP contribution in [0.2, 0.25) is 10.0 Å². The predicted molar refractivity (Wildman–Crippen MR) is 63.9 cm³/mol. The van der Waals surface area contributed by atoms with E-state index in [1.807, 2.05) is 6.92 Å². The number of hydrogen-bond donors (Lipinski definition) is 1. The van der Waals surface area contributed by atoms with Gasteiger partial charge in [0.25, 0.3) is 0 Å². The monoisotopic (exact) mass is 257 g/mol. The molecule has 1 aromatic carbocycles. The number of benzene rings is 1. The molecule has 0 radical (unpaired) electrons. The van der Waals surface area contributed by atoms with Crippen molar-refractivity contribution in [1.29, 1.82) is 0 Å². The zero-order valence-corrected chi connectivity index (χ0v) is 10.0. The average molecular weight is 258 g/mol. The minimum Gasteiger partial charge on any atom is -0.338 e. The van der Waals surface area contributed by atoms with Gasteiger partial charge in [-0.1, -0.05) is 28.4 Å². The molecule has 0 saturated carbocycles. The number of anilines is 1. The van der Waals surface area contributed by atoms with Crippen LogP contribution >= 0.6 is 23.2 Å². The fraction of sp³-hybridized carbons (Fsp3) is 0.200. The summed E-state index contributed by atoms with van der Waals surface area (Å²) in [5.41, 5.74) is 0.727. The number of nitrogens with zero attached hydrogens (tertiary/aromatic N) is 2. The van der Waals surface area contributed by atoms with Crippen LogP contribution < -0.4 is 5.32 Å². The van der Waals surface area contributed by atoms with Crippen LogP contribution in [-0.2, 0) is 0 Å². The molecule has 2 rings (SSSR count). The quantitative estimate of drug-likeness (QED) is 0.915. The van der Waals surface area contributed by atoms with E-state index in [4.69, 9.17) is 27.7 Å². The Morgan fingerprint density at radius 3 is 2.56 bits per heavy atom. The summed E-state index contributed by atoms with van der Waals surface area (Å²) in [6.45, 7) is 2.66. The van der Waals surface area contributed by atoms with Gasteiger partial charge in [-0.05, 0) is 25.1 Å². The molecule has 0 spiro atoms. The highest BCUT2D eigenvalue weighted by Crippen LogP contribution is 2.25. The van der Waals surface area contributed by atoms with E-state index in [1.54, 1.807) is 18.2 Å². The van der Waals surface area contributed by atoms with Gasteiger partial charge >= 0.3 is 6.01 Å². The molecule has 0 aliphatic rings. The minimum atomic E-state index is 0.383. The van der Waals surface area contributed by atoms with Crippen molar-refractivity contribution >= 4 is 29.2 Å². The van der Waals surface area contributed by atoms with E-state index in [0.717, 1.165) is 12.1 Å². The van der Waals surface area contributed by atoms with Crippen molar-refractivity contribution < 1.29 is 4.52 Å². The molecule has 2 aromatic rings. The number of aromatic nitrogens is 2. The first-order chi connectivity index (χ1) is 7.69. The molecule has 1 aromatic heterocycles. The molecule has 0 bridgehead atoms. The summed E-state index contributed by atoms with van der Waals surface area (Å²) in [5, 5.41) is 7.82. The maximum absolute atomic E-state index is 5.88. The van der Waals surface area contributed by atoms with Crippen LogP contribution in [0, 0.1) is 0 Å². The van der Waals surface area contributed by atoms with E-state index in [1.165, 1.54) is 0 Å². The molecule has 0 atom stereocenters. The number of hydrogen-bond acceptors (Lipinski definition) is 4. The van der Waals surface area contributed by atoms with Gasteiger partial charge < -0.3 is 9.84 Å². The summed E-state index contributed by atoms with van der Waals surface area (Å²) < 4.78 is 4.98. The fourth-order valence-corrected chi connectivity index (χ4v) is 1.77. The SMILES string of the molecule is CCNc1nc(-c2cc(Cl)cc(Cl)c2)no1. The molecule has 0 fully saturated rings. The van der Waals surface area contributed by atoms with Gasteiger partial charge in [0.15, 0.2) is 0 Å². The smallest absolute Gasteiger partial charge is 0.321 e. The van der Waals surface area contributed by atoms with Crippen LogP contribution in [0.4, 0.5) is 6.01 Å². The van der Waals surface area contributed by atoms with Crippen molar-refractivity contribution in [2.24, 2.45) is 0 Å².